The molecule has 0 saturated heterocycles. The van der Waals surface area contributed by atoms with Crippen molar-refractivity contribution in [2.24, 2.45) is 0 Å². The largest absolute Gasteiger partial charge is 0.392 e. The molecule has 2 aromatic carbocycles. The Bertz CT molecular complexity index is 744. The highest BCUT2D eigenvalue weighted by Crippen LogP contribution is 2.22. The Hall–Kier alpha value is -1.92. The highest BCUT2D eigenvalue weighted by molar-refractivity contribution is 7.92. The number of halogens is 1. The molecule has 0 unspecified atom stereocenters. The zero-order valence-electron chi connectivity index (χ0n) is 11.5. The van der Waals surface area contributed by atoms with E-state index in [9.17, 15) is 12.8 Å². The highest BCUT2D eigenvalue weighted by Gasteiger charge is 2.17. The molecule has 112 valence electrons. The van der Waals surface area contributed by atoms with Crippen LogP contribution in [0.3, 0.4) is 0 Å². The van der Waals surface area contributed by atoms with Gasteiger partial charge in [-0.05, 0) is 36.2 Å². The summed E-state index contributed by atoms with van der Waals surface area (Å²) in [5.74, 6) is -0.634. The van der Waals surface area contributed by atoms with Crippen LogP contribution in [-0.2, 0) is 23.1 Å². The van der Waals surface area contributed by atoms with E-state index in [2.05, 4.69) is 4.72 Å². The summed E-state index contributed by atoms with van der Waals surface area (Å²) in [4.78, 5) is -0.0844. The summed E-state index contributed by atoms with van der Waals surface area (Å²) in [6, 6.07) is 10.4. The molecule has 0 amide bonds. The van der Waals surface area contributed by atoms with E-state index in [-0.39, 0.29) is 10.5 Å². The minimum absolute atomic E-state index is 0.0540. The van der Waals surface area contributed by atoms with E-state index in [1.165, 1.54) is 6.07 Å². The zero-order chi connectivity index (χ0) is 15.5. The van der Waals surface area contributed by atoms with Gasteiger partial charge in [-0.2, -0.15) is 0 Å². The molecule has 0 aromatic heterocycles. The van der Waals surface area contributed by atoms with Gasteiger partial charge in [-0.3, -0.25) is 4.72 Å². The van der Waals surface area contributed by atoms with Crippen molar-refractivity contribution in [2.45, 2.75) is 24.8 Å². The molecule has 4 nitrogen and oxygen atoms in total. The van der Waals surface area contributed by atoms with Crippen LogP contribution in [0, 0.1) is 5.82 Å². The van der Waals surface area contributed by atoms with Gasteiger partial charge in [-0.1, -0.05) is 25.1 Å². The van der Waals surface area contributed by atoms with Crippen LogP contribution in [0.4, 0.5) is 10.1 Å². The molecule has 2 rings (SSSR count). The van der Waals surface area contributed by atoms with Gasteiger partial charge in [0, 0.05) is 5.56 Å². The number of hydrogen-bond donors (Lipinski definition) is 2. The van der Waals surface area contributed by atoms with Crippen LogP contribution in [0.5, 0.6) is 0 Å². The van der Waals surface area contributed by atoms with Crippen molar-refractivity contribution in [1.29, 1.82) is 0 Å². The number of para-hydroxylation sites is 1. The van der Waals surface area contributed by atoms with Crippen LogP contribution in [0.25, 0.3) is 0 Å². The highest BCUT2D eigenvalue weighted by atomic mass is 32.2. The van der Waals surface area contributed by atoms with Crippen molar-refractivity contribution in [3.8, 4) is 0 Å². The van der Waals surface area contributed by atoms with Crippen LogP contribution in [-0.4, -0.2) is 13.5 Å². The molecule has 0 saturated carbocycles. The number of aryl methyl sites for hydroxylation is 1. The third kappa shape index (κ3) is 3.40. The number of benzene rings is 2. The number of anilines is 1. The number of rotatable bonds is 5. The van der Waals surface area contributed by atoms with Gasteiger partial charge in [0.2, 0.25) is 0 Å². The monoisotopic (exact) mass is 309 g/mol. The molecule has 0 aliphatic heterocycles. The van der Waals surface area contributed by atoms with Crippen molar-refractivity contribution in [1.82, 2.24) is 0 Å². The first kappa shape index (κ1) is 15.5. The first-order valence-corrected chi connectivity index (χ1v) is 7.96. The maximum atomic E-state index is 13.3. The standard InChI is InChI=1S/C15H16FNO3S/c1-2-11-5-3-4-6-15(11)17-21(19,20)13-7-8-14(16)12(9-13)10-18/h3-9,17-18H,2,10H2,1H3. The molecule has 2 N–H and O–H groups in total. The molecule has 2 aromatic rings. The molecule has 0 aliphatic rings. The van der Waals surface area contributed by atoms with E-state index in [4.69, 9.17) is 5.11 Å². The maximum absolute atomic E-state index is 13.3. The molecule has 0 atom stereocenters. The lowest BCUT2D eigenvalue weighted by Gasteiger charge is -2.12. The number of aliphatic hydroxyl groups is 1. The SMILES string of the molecule is CCc1ccccc1NS(=O)(=O)c1ccc(F)c(CO)c1. The predicted octanol–water partition coefficient (Wildman–Crippen LogP) is 2.68. The average Bonchev–Trinajstić information content (AvgIpc) is 2.47. The second-order valence-electron chi connectivity index (χ2n) is 4.53. The first-order valence-electron chi connectivity index (χ1n) is 6.48. The van der Waals surface area contributed by atoms with Crippen LogP contribution in [0.2, 0.25) is 0 Å². The Balaban J connectivity index is 2.38. The van der Waals surface area contributed by atoms with Crippen molar-refractivity contribution >= 4 is 15.7 Å². The predicted molar refractivity (Wildman–Crippen MR) is 79.0 cm³/mol. The fourth-order valence-electron chi connectivity index (χ4n) is 1.97. The van der Waals surface area contributed by atoms with Gasteiger partial charge in [0.25, 0.3) is 10.0 Å². The average molecular weight is 309 g/mol. The number of sulfonamides is 1. The number of nitrogens with one attached hydrogen (secondary N) is 1. The Kier molecular flexibility index (Phi) is 4.59. The van der Waals surface area contributed by atoms with Crippen LogP contribution in [0.1, 0.15) is 18.1 Å². The van der Waals surface area contributed by atoms with Gasteiger partial charge in [0.1, 0.15) is 5.82 Å². The molecule has 0 aliphatic carbocycles. The minimum atomic E-state index is -3.82. The molecule has 0 radical (unpaired) electrons. The zero-order valence-corrected chi connectivity index (χ0v) is 12.3. The number of aliphatic hydroxyl groups excluding tert-OH is 1. The Morgan fingerprint density at radius 2 is 1.86 bits per heavy atom. The van der Waals surface area contributed by atoms with Gasteiger partial charge in [-0.15, -0.1) is 0 Å². The van der Waals surface area contributed by atoms with Crippen LogP contribution < -0.4 is 4.72 Å². The first-order chi connectivity index (χ1) is 9.97. The molecule has 6 heteroatoms. The summed E-state index contributed by atoms with van der Waals surface area (Å²) in [6.45, 7) is 1.37. The van der Waals surface area contributed by atoms with E-state index >= 15 is 0 Å². The summed E-state index contributed by atoms with van der Waals surface area (Å²) < 4.78 is 40.5. The van der Waals surface area contributed by atoms with Gasteiger partial charge in [0.05, 0.1) is 17.2 Å². The van der Waals surface area contributed by atoms with E-state index in [0.29, 0.717) is 12.1 Å². The van der Waals surface area contributed by atoms with Crippen LogP contribution >= 0.6 is 0 Å². The lowest BCUT2D eigenvalue weighted by atomic mass is 10.1. The maximum Gasteiger partial charge on any atom is 0.261 e. The third-order valence-corrected chi connectivity index (χ3v) is 4.50. The molecular formula is C15H16FNO3S. The Labute approximate surface area is 123 Å². The van der Waals surface area contributed by atoms with Gasteiger partial charge in [0.15, 0.2) is 0 Å². The molecule has 0 spiro atoms. The van der Waals surface area contributed by atoms with Gasteiger partial charge in [-0.25, -0.2) is 12.8 Å². The summed E-state index contributed by atoms with van der Waals surface area (Å²) in [5.41, 5.74) is 1.31. The smallest absolute Gasteiger partial charge is 0.261 e. The number of hydrogen-bond acceptors (Lipinski definition) is 3. The summed E-state index contributed by atoms with van der Waals surface area (Å²) in [6.07, 6.45) is 0.685. The quantitative estimate of drug-likeness (QED) is 0.892. The molecular weight excluding hydrogens is 293 g/mol. The van der Waals surface area contributed by atoms with E-state index < -0.39 is 22.4 Å². The van der Waals surface area contributed by atoms with Gasteiger partial charge < -0.3 is 5.11 Å². The molecule has 21 heavy (non-hydrogen) atoms. The minimum Gasteiger partial charge on any atom is -0.392 e. The van der Waals surface area contributed by atoms with Crippen LogP contribution in [0.15, 0.2) is 47.4 Å². The topological polar surface area (TPSA) is 66.4 Å². The van der Waals surface area contributed by atoms with E-state index in [0.717, 1.165) is 17.7 Å². The van der Waals surface area contributed by atoms with Gasteiger partial charge >= 0.3 is 0 Å². The lowest BCUT2D eigenvalue weighted by Crippen LogP contribution is -2.14. The Morgan fingerprint density at radius 1 is 1.14 bits per heavy atom. The second kappa shape index (κ2) is 6.24. The molecule has 0 fully saturated rings. The lowest BCUT2D eigenvalue weighted by molar-refractivity contribution is 0.275. The van der Waals surface area contributed by atoms with Crippen molar-refractivity contribution < 1.29 is 17.9 Å². The van der Waals surface area contributed by atoms with E-state index in [1.54, 1.807) is 12.1 Å². The second-order valence-corrected chi connectivity index (χ2v) is 6.21. The molecule has 0 heterocycles. The Morgan fingerprint density at radius 3 is 2.52 bits per heavy atom. The fourth-order valence-corrected chi connectivity index (χ4v) is 3.12. The molecule has 0 bridgehead atoms. The summed E-state index contributed by atoms with van der Waals surface area (Å²) >= 11 is 0. The fraction of sp³-hybridized carbons (Fsp3) is 0.200. The summed E-state index contributed by atoms with van der Waals surface area (Å²) in [7, 11) is -3.82. The van der Waals surface area contributed by atoms with Crippen molar-refractivity contribution in [3.63, 3.8) is 0 Å². The van der Waals surface area contributed by atoms with Crippen molar-refractivity contribution in [2.75, 3.05) is 4.72 Å². The normalized spacial score (nSPS) is 11.4. The van der Waals surface area contributed by atoms with Crippen molar-refractivity contribution in [3.05, 3.63) is 59.4 Å². The summed E-state index contributed by atoms with van der Waals surface area (Å²) in [5, 5.41) is 9.03. The van der Waals surface area contributed by atoms with E-state index in [1.807, 2.05) is 19.1 Å². The third-order valence-electron chi connectivity index (χ3n) is 3.14.